The second-order valence-corrected chi connectivity index (χ2v) is 4.30. The summed E-state index contributed by atoms with van der Waals surface area (Å²) in [5.41, 5.74) is 9.15. The lowest BCUT2D eigenvalue weighted by atomic mass is 10.2. The average molecular weight is 229 g/mol. The zero-order valence-electron chi connectivity index (χ0n) is 9.85. The predicted molar refractivity (Wildman–Crippen MR) is 65.4 cm³/mol. The van der Waals surface area contributed by atoms with Gasteiger partial charge in [-0.3, -0.25) is 4.68 Å². The van der Waals surface area contributed by atoms with Crippen LogP contribution in [0.15, 0.2) is 12.4 Å². The normalized spacial score (nSPS) is 13.9. The van der Waals surface area contributed by atoms with Gasteiger partial charge in [-0.25, -0.2) is 9.97 Å². The minimum atomic E-state index is 0.631. The Morgan fingerprint density at radius 3 is 3.00 bits per heavy atom. The van der Waals surface area contributed by atoms with Crippen molar-refractivity contribution in [2.24, 2.45) is 0 Å². The van der Waals surface area contributed by atoms with Crippen LogP contribution in [0.4, 0.5) is 5.82 Å². The summed E-state index contributed by atoms with van der Waals surface area (Å²) in [6.45, 7) is 2.90. The summed E-state index contributed by atoms with van der Waals surface area (Å²) in [6, 6.07) is 0. The number of rotatable bonds is 2. The molecule has 1 aliphatic carbocycles. The molecule has 88 valence electrons. The summed E-state index contributed by atoms with van der Waals surface area (Å²) in [5.74, 6) is 1.33. The lowest BCUT2D eigenvalue weighted by Gasteiger charge is -2.04. The van der Waals surface area contributed by atoms with Crippen molar-refractivity contribution in [3.63, 3.8) is 0 Å². The molecule has 0 radical (unpaired) electrons. The molecule has 0 saturated heterocycles. The molecule has 0 aromatic carbocycles. The fourth-order valence-corrected chi connectivity index (χ4v) is 2.24. The van der Waals surface area contributed by atoms with E-state index in [1.54, 1.807) is 6.20 Å². The highest BCUT2D eigenvalue weighted by atomic mass is 15.3. The van der Waals surface area contributed by atoms with Gasteiger partial charge in [-0.2, -0.15) is 5.10 Å². The topological polar surface area (TPSA) is 69.6 Å². The monoisotopic (exact) mass is 229 g/mol. The van der Waals surface area contributed by atoms with Gasteiger partial charge in [-0.1, -0.05) is 0 Å². The van der Waals surface area contributed by atoms with Gasteiger partial charge in [0.1, 0.15) is 5.82 Å². The number of anilines is 1. The second-order valence-electron chi connectivity index (χ2n) is 4.30. The van der Waals surface area contributed by atoms with Gasteiger partial charge in [0.15, 0.2) is 5.82 Å². The number of aromatic nitrogens is 4. The van der Waals surface area contributed by atoms with Crippen LogP contribution in [-0.4, -0.2) is 19.7 Å². The van der Waals surface area contributed by atoms with Crippen molar-refractivity contribution in [2.75, 3.05) is 5.73 Å². The summed E-state index contributed by atoms with van der Waals surface area (Å²) >= 11 is 0. The number of nitrogens with zero attached hydrogens (tertiary/aromatic N) is 4. The van der Waals surface area contributed by atoms with E-state index in [2.05, 4.69) is 22.0 Å². The van der Waals surface area contributed by atoms with E-state index in [-0.39, 0.29) is 0 Å². The van der Waals surface area contributed by atoms with Crippen LogP contribution in [0, 0.1) is 0 Å². The third-order valence-electron chi connectivity index (χ3n) is 3.18. The van der Waals surface area contributed by atoms with E-state index < -0.39 is 0 Å². The van der Waals surface area contributed by atoms with Gasteiger partial charge in [-0.15, -0.1) is 0 Å². The molecule has 5 nitrogen and oxygen atoms in total. The smallest absolute Gasteiger partial charge is 0.164 e. The Morgan fingerprint density at radius 2 is 2.24 bits per heavy atom. The first-order chi connectivity index (χ1) is 8.28. The SMILES string of the molecule is CCn1cc(-c2nc(N)c3c(n2)CCC3)cn1. The maximum atomic E-state index is 5.97. The highest BCUT2D eigenvalue weighted by Gasteiger charge is 2.18. The molecule has 17 heavy (non-hydrogen) atoms. The van der Waals surface area contributed by atoms with Crippen LogP contribution in [0.2, 0.25) is 0 Å². The van der Waals surface area contributed by atoms with Crippen molar-refractivity contribution in [1.29, 1.82) is 0 Å². The summed E-state index contributed by atoms with van der Waals surface area (Å²) in [6.07, 6.45) is 6.90. The van der Waals surface area contributed by atoms with Crippen LogP contribution in [0.3, 0.4) is 0 Å². The highest BCUT2D eigenvalue weighted by Crippen LogP contribution is 2.27. The quantitative estimate of drug-likeness (QED) is 0.845. The Kier molecular flexibility index (Phi) is 2.31. The van der Waals surface area contributed by atoms with Gasteiger partial charge in [-0.05, 0) is 26.2 Å². The summed E-state index contributed by atoms with van der Waals surface area (Å²) in [4.78, 5) is 8.96. The minimum Gasteiger partial charge on any atom is -0.383 e. The highest BCUT2D eigenvalue weighted by molar-refractivity contribution is 5.57. The Hall–Kier alpha value is -1.91. The standard InChI is InChI=1S/C12H15N5/c1-2-17-7-8(6-14-17)12-15-10-5-3-4-9(10)11(13)16-12/h6-7H,2-5H2,1H3,(H2,13,15,16). The molecule has 5 heteroatoms. The zero-order chi connectivity index (χ0) is 11.8. The third-order valence-corrected chi connectivity index (χ3v) is 3.18. The molecule has 0 bridgehead atoms. The predicted octanol–water partition coefficient (Wildman–Crippen LogP) is 1.43. The number of hydrogen-bond donors (Lipinski definition) is 1. The first-order valence-corrected chi connectivity index (χ1v) is 5.96. The van der Waals surface area contributed by atoms with Crippen LogP contribution in [-0.2, 0) is 19.4 Å². The number of nitrogen functional groups attached to an aromatic ring is 1. The molecule has 2 heterocycles. The van der Waals surface area contributed by atoms with Crippen LogP contribution in [0.1, 0.15) is 24.6 Å². The van der Waals surface area contributed by atoms with E-state index in [1.165, 1.54) is 0 Å². The zero-order valence-corrected chi connectivity index (χ0v) is 9.85. The fourth-order valence-electron chi connectivity index (χ4n) is 2.24. The van der Waals surface area contributed by atoms with Gasteiger partial charge in [0.05, 0.1) is 11.8 Å². The van der Waals surface area contributed by atoms with E-state index in [4.69, 9.17) is 5.73 Å². The Bertz CT molecular complexity index is 558. The average Bonchev–Trinajstić information content (AvgIpc) is 2.97. The van der Waals surface area contributed by atoms with Crippen molar-refractivity contribution >= 4 is 5.82 Å². The largest absolute Gasteiger partial charge is 0.383 e. The molecule has 2 aromatic rings. The molecule has 0 spiro atoms. The summed E-state index contributed by atoms with van der Waals surface area (Å²) in [5, 5.41) is 4.23. The molecule has 0 fully saturated rings. The van der Waals surface area contributed by atoms with Crippen molar-refractivity contribution < 1.29 is 0 Å². The first-order valence-electron chi connectivity index (χ1n) is 5.96. The van der Waals surface area contributed by atoms with Crippen LogP contribution >= 0.6 is 0 Å². The van der Waals surface area contributed by atoms with E-state index >= 15 is 0 Å². The maximum absolute atomic E-state index is 5.97. The molecule has 3 rings (SSSR count). The van der Waals surface area contributed by atoms with E-state index in [9.17, 15) is 0 Å². The van der Waals surface area contributed by atoms with Gasteiger partial charge in [0.25, 0.3) is 0 Å². The molecule has 2 N–H and O–H groups in total. The summed E-state index contributed by atoms with van der Waals surface area (Å²) in [7, 11) is 0. The number of fused-ring (bicyclic) bond motifs is 1. The fraction of sp³-hybridized carbons (Fsp3) is 0.417. The van der Waals surface area contributed by atoms with E-state index in [0.29, 0.717) is 11.6 Å². The molecule has 1 aliphatic rings. The van der Waals surface area contributed by atoms with Gasteiger partial charge >= 0.3 is 0 Å². The molecule has 0 unspecified atom stereocenters. The van der Waals surface area contributed by atoms with Crippen molar-refractivity contribution in [2.45, 2.75) is 32.7 Å². The Morgan fingerprint density at radius 1 is 1.35 bits per heavy atom. The number of nitrogens with two attached hydrogens (primary N) is 1. The van der Waals surface area contributed by atoms with Crippen LogP contribution in [0.25, 0.3) is 11.4 Å². The van der Waals surface area contributed by atoms with Gasteiger partial charge < -0.3 is 5.73 Å². The third kappa shape index (κ3) is 1.67. The number of hydrogen-bond acceptors (Lipinski definition) is 4. The molecule has 0 atom stereocenters. The lowest BCUT2D eigenvalue weighted by Crippen LogP contribution is -2.02. The molecular weight excluding hydrogens is 214 g/mol. The van der Waals surface area contributed by atoms with Crippen molar-refractivity contribution in [3.05, 3.63) is 23.7 Å². The van der Waals surface area contributed by atoms with Crippen molar-refractivity contribution in [1.82, 2.24) is 19.7 Å². The van der Waals surface area contributed by atoms with Crippen molar-refractivity contribution in [3.8, 4) is 11.4 Å². The summed E-state index contributed by atoms with van der Waals surface area (Å²) < 4.78 is 1.86. The van der Waals surface area contributed by atoms with E-state index in [1.807, 2.05) is 10.9 Å². The number of aryl methyl sites for hydroxylation is 2. The second kappa shape index (κ2) is 3.84. The maximum Gasteiger partial charge on any atom is 0.164 e. The Balaban J connectivity index is 2.06. The molecule has 0 aliphatic heterocycles. The molecule has 2 aromatic heterocycles. The molecule has 0 saturated carbocycles. The lowest BCUT2D eigenvalue weighted by molar-refractivity contribution is 0.660. The van der Waals surface area contributed by atoms with E-state index in [0.717, 1.165) is 42.6 Å². The first kappa shape index (κ1) is 10.3. The minimum absolute atomic E-state index is 0.631. The van der Waals surface area contributed by atoms with Crippen LogP contribution in [0.5, 0.6) is 0 Å². The van der Waals surface area contributed by atoms with Gasteiger partial charge in [0, 0.05) is 24.0 Å². The van der Waals surface area contributed by atoms with Crippen LogP contribution < -0.4 is 5.73 Å². The van der Waals surface area contributed by atoms with Gasteiger partial charge in [0.2, 0.25) is 0 Å². The Labute approximate surface area is 99.7 Å². The molecule has 0 amide bonds. The molecular formula is C12H15N5.